The highest BCUT2D eigenvalue weighted by Crippen LogP contribution is 2.18. The fourth-order valence-corrected chi connectivity index (χ4v) is 2.11. The van der Waals surface area contributed by atoms with Crippen LogP contribution < -0.4 is 5.32 Å². The molecule has 0 amide bonds. The molecule has 4 nitrogen and oxygen atoms in total. The van der Waals surface area contributed by atoms with E-state index in [1.807, 2.05) is 55.5 Å². The lowest BCUT2D eigenvalue weighted by molar-refractivity contribution is 0.384. The van der Waals surface area contributed by atoms with E-state index in [1.54, 1.807) is 0 Å². The zero-order chi connectivity index (χ0) is 14.7. The predicted octanol–water partition coefficient (Wildman–Crippen LogP) is 4.73. The van der Waals surface area contributed by atoms with Crippen LogP contribution >= 0.6 is 24.0 Å². The molecule has 2 aromatic carbocycles. The molecule has 0 spiro atoms. The Bertz CT molecular complexity index is 741. The molecular formula is C16H15Cl2N3O. The van der Waals surface area contributed by atoms with Gasteiger partial charge in [-0.1, -0.05) is 52.7 Å². The third-order valence-corrected chi connectivity index (χ3v) is 3.28. The predicted molar refractivity (Wildman–Crippen MR) is 90.5 cm³/mol. The second-order valence-corrected chi connectivity index (χ2v) is 5.18. The Morgan fingerprint density at radius 2 is 1.91 bits per heavy atom. The first kappa shape index (κ1) is 16.3. The summed E-state index contributed by atoms with van der Waals surface area (Å²) in [4.78, 5) is 4.37. The average Bonchev–Trinajstić information content (AvgIpc) is 2.95. The number of anilines is 1. The molecule has 6 heteroatoms. The van der Waals surface area contributed by atoms with Crippen LogP contribution in [0.25, 0.3) is 11.4 Å². The molecule has 0 radical (unpaired) electrons. The quantitative estimate of drug-likeness (QED) is 0.748. The maximum Gasteiger partial charge on any atom is 0.246 e. The largest absolute Gasteiger partial charge is 0.376 e. The van der Waals surface area contributed by atoms with Crippen molar-refractivity contribution < 1.29 is 4.52 Å². The third-order valence-electron chi connectivity index (χ3n) is 3.05. The van der Waals surface area contributed by atoms with Crippen LogP contribution in [0.4, 0.5) is 5.69 Å². The molecule has 0 atom stereocenters. The van der Waals surface area contributed by atoms with Crippen LogP contribution in [0, 0.1) is 6.92 Å². The molecule has 0 saturated heterocycles. The fourth-order valence-electron chi connectivity index (χ4n) is 1.92. The van der Waals surface area contributed by atoms with Gasteiger partial charge in [-0.3, -0.25) is 0 Å². The van der Waals surface area contributed by atoms with Crippen molar-refractivity contribution in [3.05, 3.63) is 65.0 Å². The summed E-state index contributed by atoms with van der Waals surface area (Å²) in [7, 11) is 0. The van der Waals surface area contributed by atoms with Gasteiger partial charge in [0.1, 0.15) is 0 Å². The van der Waals surface area contributed by atoms with Crippen LogP contribution in [0.15, 0.2) is 53.1 Å². The number of rotatable bonds is 4. The lowest BCUT2D eigenvalue weighted by atomic mass is 10.1. The summed E-state index contributed by atoms with van der Waals surface area (Å²) in [6.07, 6.45) is 0. The van der Waals surface area contributed by atoms with Crippen molar-refractivity contribution in [3.8, 4) is 11.4 Å². The van der Waals surface area contributed by atoms with Crippen LogP contribution in [-0.4, -0.2) is 10.1 Å². The molecule has 3 rings (SSSR count). The van der Waals surface area contributed by atoms with E-state index in [0.717, 1.165) is 11.3 Å². The molecule has 114 valence electrons. The van der Waals surface area contributed by atoms with Gasteiger partial charge in [-0.25, -0.2) is 0 Å². The Hall–Kier alpha value is -2.04. The number of nitrogens with one attached hydrogen (secondary N) is 1. The van der Waals surface area contributed by atoms with E-state index < -0.39 is 0 Å². The first-order chi connectivity index (χ1) is 10.2. The smallest absolute Gasteiger partial charge is 0.246 e. The molecule has 1 N–H and O–H groups in total. The van der Waals surface area contributed by atoms with E-state index in [-0.39, 0.29) is 12.4 Å². The van der Waals surface area contributed by atoms with Crippen LogP contribution in [0.3, 0.4) is 0 Å². The van der Waals surface area contributed by atoms with Gasteiger partial charge >= 0.3 is 0 Å². The minimum absolute atomic E-state index is 0. The molecule has 0 bridgehead atoms. The van der Waals surface area contributed by atoms with E-state index in [1.165, 1.54) is 5.56 Å². The number of benzene rings is 2. The van der Waals surface area contributed by atoms with Crippen molar-refractivity contribution in [2.75, 3.05) is 5.32 Å². The average molecular weight is 336 g/mol. The number of aryl methyl sites for hydroxylation is 1. The van der Waals surface area contributed by atoms with Crippen molar-refractivity contribution in [2.45, 2.75) is 13.5 Å². The van der Waals surface area contributed by atoms with Gasteiger partial charge in [-0.05, 0) is 25.1 Å². The van der Waals surface area contributed by atoms with Gasteiger partial charge in [0.25, 0.3) is 0 Å². The van der Waals surface area contributed by atoms with Gasteiger partial charge in [-0.15, -0.1) is 12.4 Å². The van der Waals surface area contributed by atoms with Crippen molar-refractivity contribution in [2.24, 2.45) is 0 Å². The van der Waals surface area contributed by atoms with E-state index in [4.69, 9.17) is 16.1 Å². The third kappa shape index (κ3) is 4.00. The zero-order valence-corrected chi connectivity index (χ0v) is 13.5. The normalized spacial score (nSPS) is 10.1. The fraction of sp³-hybridized carbons (Fsp3) is 0.125. The SMILES string of the molecule is Cc1ccc(-c2noc(CNc3cccc(Cl)c3)n2)cc1.Cl. The summed E-state index contributed by atoms with van der Waals surface area (Å²) < 4.78 is 5.24. The van der Waals surface area contributed by atoms with E-state index >= 15 is 0 Å². The Kier molecular flexibility index (Phi) is 5.41. The van der Waals surface area contributed by atoms with Crippen molar-refractivity contribution >= 4 is 29.7 Å². The molecule has 0 aliphatic heterocycles. The molecular weight excluding hydrogens is 321 g/mol. The molecule has 3 aromatic rings. The number of hydrogen-bond acceptors (Lipinski definition) is 4. The molecule has 0 aliphatic rings. The lowest BCUT2D eigenvalue weighted by Gasteiger charge is -2.02. The second kappa shape index (κ2) is 7.29. The maximum absolute atomic E-state index is 5.93. The van der Waals surface area contributed by atoms with Crippen molar-refractivity contribution in [1.29, 1.82) is 0 Å². The van der Waals surface area contributed by atoms with Gasteiger partial charge in [0.05, 0.1) is 6.54 Å². The molecule has 1 heterocycles. The summed E-state index contributed by atoms with van der Waals surface area (Å²) in [6.45, 7) is 2.50. The highest BCUT2D eigenvalue weighted by molar-refractivity contribution is 6.30. The molecule has 0 unspecified atom stereocenters. The van der Waals surface area contributed by atoms with Crippen LogP contribution in [0.2, 0.25) is 5.02 Å². The lowest BCUT2D eigenvalue weighted by Crippen LogP contribution is -1.99. The Morgan fingerprint density at radius 1 is 1.14 bits per heavy atom. The highest BCUT2D eigenvalue weighted by atomic mass is 35.5. The van der Waals surface area contributed by atoms with Gasteiger partial charge in [0.15, 0.2) is 0 Å². The topological polar surface area (TPSA) is 51.0 Å². The summed E-state index contributed by atoms with van der Waals surface area (Å²) in [6, 6.07) is 15.5. The first-order valence-corrected chi connectivity index (χ1v) is 6.97. The Balaban J connectivity index is 0.00000176. The Labute approximate surface area is 139 Å². The number of nitrogens with zero attached hydrogens (tertiary/aromatic N) is 2. The van der Waals surface area contributed by atoms with Crippen molar-refractivity contribution in [3.63, 3.8) is 0 Å². The van der Waals surface area contributed by atoms with Gasteiger partial charge in [0.2, 0.25) is 11.7 Å². The van der Waals surface area contributed by atoms with Crippen LogP contribution in [-0.2, 0) is 6.54 Å². The number of hydrogen-bond donors (Lipinski definition) is 1. The molecule has 0 fully saturated rings. The summed E-state index contributed by atoms with van der Waals surface area (Å²) in [5.74, 6) is 1.13. The second-order valence-electron chi connectivity index (χ2n) is 4.74. The standard InChI is InChI=1S/C16H14ClN3O.ClH/c1-11-5-7-12(8-6-11)16-19-15(21-20-16)10-18-14-4-2-3-13(17)9-14;/h2-9,18H,10H2,1H3;1H. The van der Waals surface area contributed by atoms with Gasteiger partial charge < -0.3 is 9.84 Å². The molecule has 1 aromatic heterocycles. The minimum Gasteiger partial charge on any atom is -0.376 e. The number of aromatic nitrogens is 2. The zero-order valence-electron chi connectivity index (χ0n) is 11.9. The monoisotopic (exact) mass is 335 g/mol. The van der Waals surface area contributed by atoms with Crippen LogP contribution in [0.5, 0.6) is 0 Å². The van der Waals surface area contributed by atoms with Gasteiger partial charge in [-0.2, -0.15) is 4.98 Å². The minimum atomic E-state index is 0. The molecule has 0 aliphatic carbocycles. The van der Waals surface area contributed by atoms with Crippen LogP contribution in [0.1, 0.15) is 11.5 Å². The van der Waals surface area contributed by atoms with Gasteiger partial charge in [0, 0.05) is 16.3 Å². The van der Waals surface area contributed by atoms with E-state index in [2.05, 4.69) is 15.5 Å². The van der Waals surface area contributed by atoms with Crippen molar-refractivity contribution in [1.82, 2.24) is 10.1 Å². The molecule has 0 saturated carbocycles. The summed E-state index contributed by atoms with van der Waals surface area (Å²) in [5.41, 5.74) is 3.06. The van der Waals surface area contributed by atoms with E-state index in [9.17, 15) is 0 Å². The summed E-state index contributed by atoms with van der Waals surface area (Å²) in [5, 5.41) is 7.87. The van der Waals surface area contributed by atoms with E-state index in [0.29, 0.717) is 23.3 Å². The Morgan fingerprint density at radius 3 is 2.64 bits per heavy atom. The summed E-state index contributed by atoms with van der Waals surface area (Å²) >= 11 is 5.93. The highest BCUT2D eigenvalue weighted by Gasteiger charge is 2.08. The molecule has 22 heavy (non-hydrogen) atoms. The number of halogens is 2. The first-order valence-electron chi connectivity index (χ1n) is 6.60. The maximum atomic E-state index is 5.93.